The third-order valence-corrected chi connectivity index (χ3v) is 3.40. The molecule has 1 N–H and O–H groups in total. The number of hydrogen-bond acceptors (Lipinski definition) is 3. The summed E-state index contributed by atoms with van der Waals surface area (Å²) in [6.07, 6.45) is 2.52. The van der Waals surface area contributed by atoms with E-state index in [4.69, 9.17) is 11.6 Å². The minimum absolute atomic E-state index is 0.421. The standard InChI is InChI=1S/C15H18ClN3/c1-3-12-6-4-5-7-13(12)11(2)9-17-15-8-14(16)18-10-19-15/h4-8,10-11H,3,9H2,1-2H3,(H,17,18,19). The Morgan fingerprint density at radius 3 is 2.79 bits per heavy atom. The topological polar surface area (TPSA) is 37.8 Å². The van der Waals surface area contributed by atoms with Crippen LogP contribution in [0.4, 0.5) is 5.82 Å². The van der Waals surface area contributed by atoms with Crippen molar-refractivity contribution in [2.45, 2.75) is 26.2 Å². The molecule has 2 aromatic rings. The van der Waals surface area contributed by atoms with Crippen molar-refractivity contribution in [1.82, 2.24) is 9.97 Å². The van der Waals surface area contributed by atoms with Gasteiger partial charge in [0, 0.05) is 12.6 Å². The average Bonchev–Trinajstić information content (AvgIpc) is 2.45. The molecule has 4 heteroatoms. The van der Waals surface area contributed by atoms with Crippen molar-refractivity contribution in [2.24, 2.45) is 0 Å². The van der Waals surface area contributed by atoms with Crippen molar-refractivity contribution < 1.29 is 0 Å². The number of nitrogens with zero attached hydrogens (tertiary/aromatic N) is 2. The summed E-state index contributed by atoms with van der Waals surface area (Å²) < 4.78 is 0. The smallest absolute Gasteiger partial charge is 0.134 e. The maximum absolute atomic E-state index is 5.83. The van der Waals surface area contributed by atoms with Crippen molar-refractivity contribution in [3.63, 3.8) is 0 Å². The van der Waals surface area contributed by atoms with Gasteiger partial charge in [0.15, 0.2) is 0 Å². The zero-order valence-electron chi connectivity index (χ0n) is 11.2. The monoisotopic (exact) mass is 275 g/mol. The third kappa shape index (κ3) is 3.67. The summed E-state index contributed by atoms with van der Waals surface area (Å²) >= 11 is 5.83. The van der Waals surface area contributed by atoms with Crippen molar-refractivity contribution in [2.75, 3.05) is 11.9 Å². The molecule has 100 valence electrons. The predicted octanol–water partition coefficient (Wildman–Crippen LogP) is 3.91. The fourth-order valence-corrected chi connectivity index (χ4v) is 2.28. The normalized spacial score (nSPS) is 12.2. The summed E-state index contributed by atoms with van der Waals surface area (Å²) in [7, 11) is 0. The summed E-state index contributed by atoms with van der Waals surface area (Å²) in [6.45, 7) is 5.22. The van der Waals surface area contributed by atoms with Crippen LogP contribution in [0.25, 0.3) is 0 Å². The zero-order chi connectivity index (χ0) is 13.7. The second kappa shape index (κ2) is 6.53. The molecule has 0 amide bonds. The number of rotatable bonds is 5. The van der Waals surface area contributed by atoms with Gasteiger partial charge in [0.2, 0.25) is 0 Å². The molecule has 1 atom stereocenters. The number of aryl methyl sites for hydroxylation is 1. The molecule has 3 nitrogen and oxygen atoms in total. The second-order valence-electron chi connectivity index (χ2n) is 4.56. The summed E-state index contributed by atoms with van der Waals surface area (Å²) in [5.74, 6) is 1.19. The number of hydrogen-bond donors (Lipinski definition) is 1. The van der Waals surface area contributed by atoms with Gasteiger partial charge in [-0.05, 0) is 23.5 Å². The molecule has 0 aliphatic carbocycles. The Morgan fingerprint density at radius 1 is 1.26 bits per heavy atom. The average molecular weight is 276 g/mol. The van der Waals surface area contributed by atoms with Gasteiger partial charge in [-0.1, -0.05) is 49.7 Å². The van der Waals surface area contributed by atoms with E-state index in [9.17, 15) is 0 Å². The maximum atomic E-state index is 5.83. The summed E-state index contributed by atoms with van der Waals surface area (Å²) in [5, 5.41) is 3.76. The highest BCUT2D eigenvalue weighted by Gasteiger charge is 2.09. The molecule has 1 unspecified atom stereocenters. The van der Waals surface area contributed by atoms with E-state index in [1.54, 1.807) is 6.07 Å². The molecule has 0 bridgehead atoms. The van der Waals surface area contributed by atoms with Crippen LogP contribution in [0.5, 0.6) is 0 Å². The molecule has 19 heavy (non-hydrogen) atoms. The van der Waals surface area contributed by atoms with Crippen LogP contribution in [0.2, 0.25) is 5.15 Å². The van der Waals surface area contributed by atoms with E-state index in [-0.39, 0.29) is 0 Å². The van der Waals surface area contributed by atoms with Crippen LogP contribution in [0.15, 0.2) is 36.7 Å². The van der Waals surface area contributed by atoms with Crippen LogP contribution in [0.1, 0.15) is 30.9 Å². The zero-order valence-corrected chi connectivity index (χ0v) is 12.0. The van der Waals surface area contributed by atoms with Gasteiger partial charge in [-0.15, -0.1) is 0 Å². The van der Waals surface area contributed by atoms with Gasteiger partial charge in [0.05, 0.1) is 0 Å². The molecule has 0 fully saturated rings. The lowest BCUT2D eigenvalue weighted by atomic mass is 9.94. The van der Waals surface area contributed by atoms with Crippen LogP contribution in [0, 0.1) is 0 Å². The van der Waals surface area contributed by atoms with Crippen molar-refractivity contribution in [1.29, 1.82) is 0 Å². The molecule has 1 heterocycles. The number of nitrogens with one attached hydrogen (secondary N) is 1. The largest absolute Gasteiger partial charge is 0.369 e. The van der Waals surface area contributed by atoms with E-state index >= 15 is 0 Å². The Hall–Kier alpha value is -1.61. The second-order valence-corrected chi connectivity index (χ2v) is 4.95. The van der Waals surface area contributed by atoms with E-state index in [2.05, 4.69) is 53.4 Å². The molecule has 0 saturated carbocycles. The molecule has 0 spiro atoms. The number of aromatic nitrogens is 2. The van der Waals surface area contributed by atoms with Crippen LogP contribution >= 0.6 is 11.6 Å². The number of anilines is 1. The highest BCUT2D eigenvalue weighted by Crippen LogP contribution is 2.21. The lowest BCUT2D eigenvalue weighted by molar-refractivity contribution is 0.786. The first kappa shape index (κ1) is 13.8. The molecule has 0 saturated heterocycles. The molecule has 1 aromatic heterocycles. The third-order valence-electron chi connectivity index (χ3n) is 3.19. The summed E-state index contributed by atoms with van der Waals surface area (Å²) in [5.41, 5.74) is 2.79. The van der Waals surface area contributed by atoms with E-state index in [1.165, 1.54) is 17.5 Å². The minimum atomic E-state index is 0.421. The fourth-order valence-electron chi connectivity index (χ4n) is 2.13. The van der Waals surface area contributed by atoms with Gasteiger partial charge in [0.1, 0.15) is 17.3 Å². The quantitative estimate of drug-likeness (QED) is 0.841. The fraction of sp³-hybridized carbons (Fsp3) is 0.333. The lowest BCUT2D eigenvalue weighted by Crippen LogP contribution is -2.12. The van der Waals surface area contributed by atoms with Crippen LogP contribution in [0.3, 0.4) is 0 Å². The molecule has 0 aliphatic heterocycles. The van der Waals surface area contributed by atoms with E-state index in [0.29, 0.717) is 11.1 Å². The lowest BCUT2D eigenvalue weighted by Gasteiger charge is -2.16. The van der Waals surface area contributed by atoms with E-state index < -0.39 is 0 Å². The Labute approximate surface area is 119 Å². The highest BCUT2D eigenvalue weighted by molar-refractivity contribution is 6.29. The Balaban J connectivity index is 2.03. The SMILES string of the molecule is CCc1ccccc1C(C)CNc1cc(Cl)ncn1. The van der Waals surface area contributed by atoms with Crippen molar-refractivity contribution in [3.05, 3.63) is 52.9 Å². The minimum Gasteiger partial charge on any atom is -0.369 e. The first-order chi connectivity index (χ1) is 9.20. The molecule has 0 radical (unpaired) electrons. The van der Waals surface area contributed by atoms with Crippen LogP contribution in [-0.4, -0.2) is 16.5 Å². The number of benzene rings is 1. The van der Waals surface area contributed by atoms with Crippen molar-refractivity contribution >= 4 is 17.4 Å². The molecule has 0 aliphatic rings. The van der Waals surface area contributed by atoms with Crippen molar-refractivity contribution in [3.8, 4) is 0 Å². The Kier molecular flexibility index (Phi) is 4.74. The van der Waals surface area contributed by atoms with E-state index in [1.807, 2.05) is 0 Å². The maximum Gasteiger partial charge on any atom is 0.134 e. The van der Waals surface area contributed by atoms with E-state index in [0.717, 1.165) is 18.8 Å². The first-order valence-electron chi connectivity index (χ1n) is 6.50. The van der Waals surface area contributed by atoms with Gasteiger partial charge < -0.3 is 5.32 Å². The van der Waals surface area contributed by atoms with Gasteiger partial charge in [0.25, 0.3) is 0 Å². The molecule has 2 rings (SSSR count). The van der Waals surface area contributed by atoms with Gasteiger partial charge in [-0.2, -0.15) is 0 Å². The molecular formula is C15H18ClN3. The molecule has 1 aromatic carbocycles. The highest BCUT2D eigenvalue weighted by atomic mass is 35.5. The van der Waals surface area contributed by atoms with Crippen LogP contribution < -0.4 is 5.32 Å². The predicted molar refractivity (Wildman–Crippen MR) is 79.8 cm³/mol. The Morgan fingerprint density at radius 2 is 2.05 bits per heavy atom. The van der Waals surface area contributed by atoms with Gasteiger partial charge in [-0.3, -0.25) is 0 Å². The Bertz CT molecular complexity index is 542. The van der Waals surface area contributed by atoms with Gasteiger partial charge in [-0.25, -0.2) is 9.97 Å². The van der Waals surface area contributed by atoms with Gasteiger partial charge >= 0.3 is 0 Å². The van der Waals surface area contributed by atoms with Crippen LogP contribution in [-0.2, 0) is 6.42 Å². The summed E-state index contributed by atoms with van der Waals surface area (Å²) in [4.78, 5) is 8.01. The first-order valence-corrected chi connectivity index (χ1v) is 6.87. The molecular weight excluding hydrogens is 258 g/mol. The number of halogens is 1. The summed E-state index contributed by atoms with van der Waals surface area (Å²) in [6, 6.07) is 10.3.